The van der Waals surface area contributed by atoms with Gasteiger partial charge in [0.2, 0.25) is 0 Å². The number of rotatable bonds is 5. The third-order valence-corrected chi connectivity index (χ3v) is 2.32. The van der Waals surface area contributed by atoms with Crippen molar-refractivity contribution in [3.8, 4) is 5.75 Å². The summed E-state index contributed by atoms with van der Waals surface area (Å²) < 4.78 is 5.67. The van der Waals surface area contributed by atoms with Crippen LogP contribution in [0.15, 0.2) is 24.3 Å². The van der Waals surface area contributed by atoms with E-state index in [4.69, 9.17) is 4.74 Å². The summed E-state index contributed by atoms with van der Waals surface area (Å²) in [5, 5.41) is 0. The number of hydrogen-bond donors (Lipinski definition) is 0. The Morgan fingerprint density at radius 1 is 1.20 bits per heavy atom. The first kappa shape index (κ1) is 11.9. The smallest absolute Gasteiger partial charge is 0.121 e. The van der Waals surface area contributed by atoms with E-state index in [0.717, 1.165) is 18.8 Å². The van der Waals surface area contributed by atoms with Gasteiger partial charge >= 0.3 is 0 Å². The zero-order chi connectivity index (χ0) is 11.3. The second kappa shape index (κ2) is 5.64. The monoisotopic (exact) mass is 207 g/mol. The highest BCUT2D eigenvalue weighted by Gasteiger charge is 2.03. The van der Waals surface area contributed by atoms with Crippen LogP contribution in [0.3, 0.4) is 0 Å². The van der Waals surface area contributed by atoms with Crippen LogP contribution in [-0.4, -0.2) is 19.2 Å². The lowest BCUT2D eigenvalue weighted by Gasteiger charge is -2.22. The predicted octanol–water partition coefficient (Wildman–Crippen LogP) is 3.32. The highest BCUT2D eigenvalue weighted by atomic mass is 16.5. The quantitative estimate of drug-likeness (QED) is 0.734. The zero-order valence-corrected chi connectivity index (χ0v) is 10.2. The van der Waals surface area contributed by atoms with E-state index in [0.29, 0.717) is 0 Å². The molecule has 2 heteroatoms. The second-order valence-corrected chi connectivity index (χ2v) is 3.84. The lowest BCUT2D eigenvalue weighted by Crippen LogP contribution is -2.21. The molecule has 0 aliphatic heterocycles. The molecule has 0 aromatic heterocycles. The first-order valence-corrected chi connectivity index (χ1v) is 5.69. The van der Waals surface area contributed by atoms with Crippen molar-refractivity contribution >= 4 is 5.69 Å². The lowest BCUT2D eigenvalue weighted by atomic mass is 10.2. The van der Waals surface area contributed by atoms with Crippen LogP contribution in [0.25, 0.3) is 0 Å². The fourth-order valence-electron chi connectivity index (χ4n) is 1.61. The van der Waals surface area contributed by atoms with Crippen molar-refractivity contribution in [3.63, 3.8) is 0 Å². The Labute approximate surface area is 92.9 Å². The molecular formula is C13H21NO. The molecule has 0 heterocycles. The third kappa shape index (κ3) is 3.46. The van der Waals surface area contributed by atoms with Gasteiger partial charge in [-0.3, -0.25) is 0 Å². The van der Waals surface area contributed by atoms with E-state index in [1.54, 1.807) is 0 Å². The molecule has 0 spiro atoms. The van der Waals surface area contributed by atoms with Gasteiger partial charge in [-0.25, -0.2) is 0 Å². The average Bonchev–Trinajstić information content (AvgIpc) is 2.19. The molecule has 0 unspecified atom stereocenters. The van der Waals surface area contributed by atoms with E-state index in [2.05, 4.69) is 30.9 Å². The molecule has 0 aliphatic carbocycles. The number of anilines is 1. The van der Waals surface area contributed by atoms with Crippen LogP contribution in [0.1, 0.15) is 27.7 Å². The summed E-state index contributed by atoms with van der Waals surface area (Å²) in [6, 6.07) is 8.28. The molecule has 2 nitrogen and oxygen atoms in total. The van der Waals surface area contributed by atoms with Crippen LogP contribution in [0.5, 0.6) is 5.75 Å². The van der Waals surface area contributed by atoms with E-state index in [9.17, 15) is 0 Å². The summed E-state index contributed by atoms with van der Waals surface area (Å²) >= 11 is 0. The number of hydrogen-bond acceptors (Lipinski definition) is 2. The Bertz CT molecular complexity index is 292. The molecule has 0 fully saturated rings. The van der Waals surface area contributed by atoms with E-state index in [1.165, 1.54) is 5.69 Å². The largest absolute Gasteiger partial charge is 0.491 e. The normalized spacial score (nSPS) is 10.5. The number of nitrogens with zero attached hydrogens (tertiary/aromatic N) is 1. The molecule has 0 saturated heterocycles. The molecule has 1 aromatic carbocycles. The summed E-state index contributed by atoms with van der Waals surface area (Å²) in [6.07, 6.45) is 0.233. The highest BCUT2D eigenvalue weighted by molar-refractivity contribution is 5.50. The fraction of sp³-hybridized carbons (Fsp3) is 0.538. The topological polar surface area (TPSA) is 12.5 Å². The minimum Gasteiger partial charge on any atom is -0.491 e. The maximum Gasteiger partial charge on any atom is 0.121 e. The van der Waals surface area contributed by atoms with Gasteiger partial charge in [0.05, 0.1) is 6.10 Å². The van der Waals surface area contributed by atoms with Crippen LogP contribution >= 0.6 is 0 Å². The summed E-state index contributed by atoms with van der Waals surface area (Å²) in [4.78, 5) is 2.31. The van der Waals surface area contributed by atoms with Crippen molar-refractivity contribution in [3.05, 3.63) is 24.3 Å². The zero-order valence-electron chi connectivity index (χ0n) is 10.2. The van der Waals surface area contributed by atoms with Crippen LogP contribution in [0.4, 0.5) is 5.69 Å². The Morgan fingerprint density at radius 3 is 2.40 bits per heavy atom. The van der Waals surface area contributed by atoms with E-state index in [1.807, 2.05) is 26.0 Å². The van der Waals surface area contributed by atoms with Gasteiger partial charge in [0, 0.05) is 24.8 Å². The van der Waals surface area contributed by atoms with Gasteiger partial charge in [-0.05, 0) is 39.8 Å². The molecule has 15 heavy (non-hydrogen) atoms. The molecule has 0 N–H and O–H groups in total. The van der Waals surface area contributed by atoms with Crippen molar-refractivity contribution in [2.45, 2.75) is 33.8 Å². The van der Waals surface area contributed by atoms with Crippen molar-refractivity contribution in [2.24, 2.45) is 0 Å². The van der Waals surface area contributed by atoms with Gasteiger partial charge in [-0.15, -0.1) is 0 Å². The van der Waals surface area contributed by atoms with Crippen LogP contribution in [0, 0.1) is 0 Å². The minimum absolute atomic E-state index is 0.233. The summed E-state index contributed by atoms with van der Waals surface area (Å²) in [7, 11) is 0. The molecule has 1 rings (SSSR count). The molecule has 0 bridgehead atoms. The maximum absolute atomic E-state index is 5.67. The van der Waals surface area contributed by atoms with Gasteiger partial charge in [0.1, 0.15) is 5.75 Å². The molecule has 0 atom stereocenters. The fourth-order valence-corrected chi connectivity index (χ4v) is 1.61. The second-order valence-electron chi connectivity index (χ2n) is 3.84. The molecule has 1 aromatic rings. The molecular weight excluding hydrogens is 186 g/mol. The van der Waals surface area contributed by atoms with Gasteiger partial charge in [0.15, 0.2) is 0 Å². The SMILES string of the molecule is CCN(CC)c1cccc(OC(C)C)c1. The molecule has 0 saturated carbocycles. The van der Waals surface area contributed by atoms with E-state index >= 15 is 0 Å². The van der Waals surface area contributed by atoms with Crippen molar-refractivity contribution in [1.82, 2.24) is 0 Å². The van der Waals surface area contributed by atoms with Gasteiger partial charge in [-0.2, -0.15) is 0 Å². The molecule has 84 valence electrons. The Hall–Kier alpha value is -1.18. The Kier molecular flexibility index (Phi) is 4.47. The van der Waals surface area contributed by atoms with Crippen molar-refractivity contribution < 1.29 is 4.74 Å². The van der Waals surface area contributed by atoms with Crippen molar-refractivity contribution in [1.29, 1.82) is 0 Å². The summed E-state index contributed by atoms with van der Waals surface area (Å²) in [6.45, 7) is 10.5. The molecule has 0 aliphatic rings. The minimum atomic E-state index is 0.233. The average molecular weight is 207 g/mol. The predicted molar refractivity (Wildman–Crippen MR) is 65.8 cm³/mol. The van der Waals surface area contributed by atoms with Gasteiger partial charge < -0.3 is 9.64 Å². The van der Waals surface area contributed by atoms with Crippen LogP contribution < -0.4 is 9.64 Å². The standard InChI is InChI=1S/C13H21NO/c1-5-14(6-2)12-8-7-9-13(10-12)15-11(3)4/h7-11H,5-6H2,1-4H3. The molecule has 0 amide bonds. The van der Waals surface area contributed by atoms with Gasteiger partial charge in [0.25, 0.3) is 0 Å². The van der Waals surface area contributed by atoms with E-state index in [-0.39, 0.29) is 6.10 Å². The van der Waals surface area contributed by atoms with Gasteiger partial charge in [-0.1, -0.05) is 6.07 Å². The first-order chi connectivity index (χ1) is 7.17. The lowest BCUT2D eigenvalue weighted by molar-refractivity contribution is 0.242. The summed E-state index contributed by atoms with van der Waals surface area (Å²) in [5.41, 5.74) is 1.23. The maximum atomic E-state index is 5.67. The summed E-state index contributed by atoms with van der Waals surface area (Å²) in [5.74, 6) is 0.953. The number of benzene rings is 1. The van der Waals surface area contributed by atoms with Crippen molar-refractivity contribution in [2.75, 3.05) is 18.0 Å². The van der Waals surface area contributed by atoms with E-state index < -0.39 is 0 Å². The third-order valence-electron chi connectivity index (χ3n) is 2.32. The van der Waals surface area contributed by atoms with Crippen LogP contribution in [0.2, 0.25) is 0 Å². The Morgan fingerprint density at radius 2 is 1.87 bits per heavy atom. The Balaban J connectivity index is 2.81. The first-order valence-electron chi connectivity index (χ1n) is 5.69. The molecule has 0 radical (unpaired) electrons. The van der Waals surface area contributed by atoms with Crippen LogP contribution in [-0.2, 0) is 0 Å². The number of ether oxygens (including phenoxy) is 1. The highest BCUT2D eigenvalue weighted by Crippen LogP contribution is 2.21.